The van der Waals surface area contributed by atoms with E-state index in [9.17, 15) is 19.2 Å². The Morgan fingerprint density at radius 1 is 1.17 bits per heavy atom. The number of benzene rings is 1. The van der Waals surface area contributed by atoms with Crippen LogP contribution in [0.3, 0.4) is 0 Å². The predicted molar refractivity (Wildman–Crippen MR) is 114 cm³/mol. The molecule has 0 fully saturated rings. The maximum Gasteiger partial charge on any atom is 0.349 e. The van der Waals surface area contributed by atoms with Crippen LogP contribution in [0.15, 0.2) is 36.4 Å². The van der Waals surface area contributed by atoms with Crippen molar-refractivity contribution in [3.05, 3.63) is 43.1 Å². The predicted octanol–water partition coefficient (Wildman–Crippen LogP) is 2.90. The fourth-order valence-corrected chi connectivity index (χ4v) is 3.94. The maximum absolute atomic E-state index is 12.7. The number of rotatable bonds is 8. The van der Waals surface area contributed by atoms with Crippen molar-refractivity contribution in [2.45, 2.75) is 32.7 Å². The van der Waals surface area contributed by atoms with Crippen LogP contribution in [0, 0.1) is 0 Å². The SMILES string of the molecule is CCNC(=O)CC[C@H](NC(=O)c1cc2cc(Br)cc(Br)c2oc1=O)C(=O)OCC. The first-order valence-corrected chi connectivity index (χ1v) is 10.5. The van der Waals surface area contributed by atoms with Crippen molar-refractivity contribution in [2.75, 3.05) is 13.2 Å². The summed E-state index contributed by atoms with van der Waals surface area (Å²) in [5.74, 6) is -1.72. The molecule has 1 aromatic heterocycles. The second kappa shape index (κ2) is 10.5. The summed E-state index contributed by atoms with van der Waals surface area (Å²) in [4.78, 5) is 48.8. The molecule has 2 aromatic rings. The van der Waals surface area contributed by atoms with Crippen LogP contribution in [0.5, 0.6) is 0 Å². The number of nitrogens with one attached hydrogen (secondary N) is 2. The summed E-state index contributed by atoms with van der Waals surface area (Å²) in [6, 6.07) is 3.72. The van der Waals surface area contributed by atoms with Gasteiger partial charge in [-0.1, -0.05) is 15.9 Å². The van der Waals surface area contributed by atoms with Crippen LogP contribution in [0.2, 0.25) is 0 Å². The first-order valence-electron chi connectivity index (χ1n) is 8.93. The second-order valence-corrected chi connectivity index (χ2v) is 7.79. The van der Waals surface area contributed by atoms with Gasteiger partial charge in [-0.15, -0.1) is 0 Å². The maximum atomic E-state index is 12.7. The molecule has 0 radical (unpaired) electrons. The zero-order valence-corrected chi connectivity index (χ0v) is 19.0. The van der Waals surface area contributed by atoms with Crippen molar-refractivity contribution in [1.29, 1.82) is 0 Å². The highest BCUT2D eigenvalue weighted by molar-refractivity contribution is 9.11. The molecule has 156 valence electrons. The molecule has 0 saturated carbocycles. The van der Waals surface area contributed by atoms with Crippen LogP contribution in [0.1, 0.15) is 37.0 Å². The Morgan fingerprint density at radius 2 is 1.90 bits per heavy atom. The van der Waals surface area contributed by atoms with Crippen LogP contribution >= 0.6 is 31.9 Å². The Balaban J connectivity index is 2.27. The van der Waals surface area contributed by atoms with Crippen LogP contribution in [-0.4, -0.2) is 37.0 Å². The number of halogens is 2. The van der Waals surface area contributed by atoms with Crippen molar-refractivity contribution >= 4 is 60.6 Å². The monoisotopic (exact) mass is 530 g/mol. The van der Waals surface area contributed by atoms with Crippen molar-refractivity contribution in [2.24, 2.45) is 0 Å². The molecule has 2 amide bonds. The molecule has 0 unspecified atom stereocenters. The Kier molecular flexibility index (Phi) is 8.39. The highest BCUT2D eigenvalue weighted by Crippen LogP contribution is 2.28. The lowest BCUT2D eigenvalue weighted by atomic mass is 10.1. The Hall–Kier alpha value is -2.20. The summed E-state index contributed by atoms with van der Waals surface area (Å²) in [5.41, 5.74) is -0.799. The molecule has 8 nitrogen and oxygen atoms in total. The number of amides is 2. The lowest BCUT2D eigenvalue weighted by Gasteiger charge is -2.17. The van der Waals surface area contributed by atoms with Gasteiger partial charge in [0.05, 0.1) is 11.1 Å². The van der Waals surface area contributed by atoms with Gasteiger partial charge in [-0.05, 0) is 54.4 Å². The third-order valence-electron chi connectivity index (χ3n) is 3.91. The molecular formula is C19H20Br2N2O6. The van der Waals surface area contributed by atoms with Crippen LogP contribution in [-0.2, 0) is 14.3 Å². The fourth-order valence-electron chi connectivity index (χ4n) is 2.60. The Bertz CT molecular complexity index is 989. The van der Waals surface area contributed by atoms with Crippen molar-refractivity contribution in [1.82, 2.24) is 10.6 Å². The highest BCUT2D eigenvalue weighted by Gasteiger charge is 2.25. The topological polar surface area (TPSA) is 115 Å². The van der Waals surface area contributed by atoms with Gasteiger partial charge in [0.15, 0.2) is 5.58 Å². The minimum absolute atomic E-state index is 0.0177. The molecule has 0 aliphatic carbocycles. The number of hydrogen-bond acceptors (Lipinski definition) is 6. The van der Waals surface area contributed by atoms with Crippen molar-refractivity contribution < 1.29 is 23.5 Å². The minimum atomic E-state index is -1.07. The van der Waals surface area contributed by atoms with E-state index >= 15 is 0 Å². The smallest absolute Gasteiger partial charge is 0.349 e. The van der Waals surface area contributed by atoms with E-state index in [1.165, 1.54) is 6.07 Å². The summed E-state index contributed by atoms with van der Waals surface area (Å²) < 4.78 is 11.5. The molecular weight excluding hydrogens is 512 g/mol. The van der Waals surface area contributed by atoms with Gasteiger partial charge in [-0.25, -0.2) is 9.59 Å². The van der Waals surface area contributed by atoms with E-state index in [4.69, 9.17) is 9.15 Å². The second-order valence-electron chi connectivity index (χ2n) is 6.02. The van der Waals surface area contributed by atoms with Crippen LogP contribution in [0.25, 0.3) is 11.0 Å². The van der Waals surface area contributed by atoms with E-state index in [-0.39, 0.29) is 30.9 Å². The molecule has 0 aliphatic heterocycles. The van der Waals surface area contributed by atoms with E-state index in [1.54, 1.807) is 26.0 Å². The number of esters is 1. The zero-order valence-electron chi connectivity index (χ0n) is 15.8. The van der Waals surface area contributed by atoms with Crippen molar-refractivity contribution in [3.8, 4) is 0 Å². The van der Waals surface area contributed by atoms with E-state index < -0.39 is 23.5 Å². The van der Waals surface area contributed by atoms with Gasteiger partial charge < -0.3 is 19.8 Å². The Morgan fingerprint density at radius 3 is 2.55 bits per heavy atom. The van der Waals surface area contributed by atoms with E-state index in [0.29, 0.717) is 22.0 Å². The molecule has 10 heteroatoms. The summed E-state index contributed by atoms with van der Waals surface area (Å²) >= 11 is 6.64. The van der Waals surface area contributed by atoms with Gasteiger partial charge >= 0.3 is 11.6 Å². The largest absolute Gasteiger partial charge is 0.464 e. The molecule has 2 rings (SSSR count). The highest BCUT2D eigenvalue weighted by atomic mass is 79.9. The average molecular weight is 532 g/mol. The quantitative estimate of drug-likeness (QED) is 0.400. The molecule has 29 heavy (non-hydrogen) atoms. The molecule has 1 heterocycles. The summed E-state index contributed by atoms with van der Waals surface area (Å²) in [6.45, 7) is 3.98. The normalized spacial score (nSPS) is 11.7. The van der Waals surface area contributed by atoms with Crippen LogP contribution in [0.4, 0.5) is 0 Å². The fraction of sp³-hybridized carbons (Fsp3) is 0.368. The van der Waals surface area contributed by atoms with Gasteiger partial charge in [-0.2, -0.15) is 0 Å². The first kappa shape index (κ1) is 23.1. The lowest BCUT2D eigenvalue weighted by molar-refractivity contribution is -0.145. The van der Waals surface area contributed by atoms with Gasteiger partial charge in [0.2, 0.25) is 5.91 Å². The first-order chi connectivity index (χ1) is 13.8. The summed E-state index contributed by atoms with van der Waals surface area (Å²) in [5, 5.41) is 5.61. The summed E-state index contributed by atoms with van der Waals surface area (Å²) in [6.07, 6.45) is 0.0518. The molecule has 0 saturated heterocycles. The minimum Gasteiger partial charge on any atom is -0.464 e. The molecule has 0 bridgehead atoms. The number of hydrogen-bond donors (Lipinski definition) is 2. The number of carbonyl (C=O) groups excluding carboxylic acids is 3. The van der Waals surface area contributed by atoms with Gasteiger partial charge in [-0.3, -0.25) is 9.59 Å². The van der Waals surface area contributed by atoms with Gasteiger partial charge in [0.25, 0.3) is 5.91 Å². The molecule has 0 aliphatic rings. The number of carbonyl (C=O) groups is 3. The van der Waals surface area contributed by atoms with E-state index in [0.717, 1.165) is 4.47 Å². The summed E-state index contributed by atoms with van der Waals surface area (Å²) in [7, 11) is 0. The third-order valence-corrected chi connectivity index (χ3v) is 4.95. The van der Waals surface area contributed by atoms with Crippen molar-refractivity contribution in [3.63, 3.8) is 0 Å². The van der Waals surface area contributed by atoms with E-state index in [1.807, 2.05) is 0 Å². The molecule has 1 aromatic carbocycles. The molecule has 0 spiro atoms. The molecule has 1 atom stereocenters. The lowest BCUT2D eigenvalue weighted by Crippen LogP contribution is -2.43. The number of fused-ring (bicyclic) bond motifs is 1. The van der Waals surface area contributed by atoms with Crippen LogP contribution < -0.4 is 16.3 Å². The average Bonchev–Trinajstić information content (AvgIpc) is 2.65. The third kappa shape index (κ3) is 6.14. The van der Waals surface area contributed by atoms with E-state index in [2.05, 4.69) is 42.5 Å². The van der Waals surface area contributed by atoms with Gasteiger partial charge in [0, 0.05) is 22.8 Å². The Labute approximate surface area is 183 Å². The standard InChI is InChI=1S/C19H20Br2N2O6/c1-3-22-15(24)6-5-14(19(27)28-4-2)23-17(25)12-8-10-7-11(20)9-13(21)16(10)29-18(12)26/h7-9,14H,3-6H2,1-2H3,(H,22,24)(H,23,25)/t14-/m0/s1. The number of ether oxygens (including phenoxy) is 1. The van der Waals surface area contributed by atoms with Gasteiger partial charge in [0.1, 0.15) is 11.6 Å². The molecule has 2 N–H and O–H groups in total. The zero-order chi connectivity index (χ0) is 21.6.